The fraction of sp³-hybridized carbons (Fsp3) is 0.308. The normalized spacial score (nSPS) is 11.3. The van der Waals surface area contributed by atoms with Gasteiger partial charge in [-0.15, -0.1) is 0 Å². The summed E-state index contributed by atoms with van der Waals surface area (Å²) < 4.78 is 42.4. The van der Waals surface area contributed by atoms with Gasteiger partial charge in [-0.3, -0.25) is 0 Å². The number of aryl methyl sites for hydroxylation is 1. The van der Waals surface area contributed by atoms with Crippen LogP contribution >= 0.6 is 11.6 Å². The summed E-state index contributed by atoms with van der Waals surface area (Å²) in [6.45, 7) is 3.40. The van der Waals surface area contributed by atoms with E-state index in [-0.39, 0.29) is 21.6 Å². The van der Waals surface area contributed by atoms with Crippen molar-refractivity contribution in [2.75, 3.05) is 18.9 Å². The number of sulfonamides is 1. The molecule has 0 fully saturated rings. The van der Waals surface area contributed by atoms with Gasteiger partial charge in [0.2, 0.25) is 5.88 Å². The molecule has 0 saturated carbocycles. The lowest BCUT2D eigenvalue weighted by molar-refractivity contribution is 0.354. The Balaban J connectivity index is 2.47. The third kappa shape index (κ3) is 2.97. The van der Waals surface area contributed by atoms with Crippen molar-refractivity contribution in [3.8, 4) is 11.5 Å². The van der Waals surface area contributed by atoms with Crippen molar-refractivity contribution in [3.05, 3.63) is 28.4 Å². The number of benzene rings is 1. The number of rotatable bonds is 5. The zero-order valence-electron chi connectivity index (χ0n) is 12.4. The second-order valence-corrected chi connectivity index (χ2v) is 6.52. The minimum atomic E-state index is -3.96. The largest absolute Gasteiger partial charge is 0.493 e. The van der Waals surface area contributed by atoms with Gasteiger partial charge in [0, 0.05) is 17.7 Å². The minimum Gasteiger partial charge on any atom is -0.493 e. The number of ether oxygens (including phenoxy) is 2. The van der Waals surface area contributed by atoms with Crippen LogP contribution in [0.2, 0.25) is 5.02 Å². The highest BCUT2D eigenvalue weighted by Gasteiger charge is 2.24. The predicted molar refractivity (Wildman–Crippen MR) is 81.3 cm³/mol. The van der Waals surface area contributed by atoms with Crippen LogP contribution in [0.4, 0.5) is 5.88 Å². The first-order valence-electron chi connectivity index (χ1n) is 6.17. The summed E-state index contributed by atoms with van der Waals surface area (Å²) in [4.78, 5) is -0.153. The summed E-state index contributed by atoms with van der Waals surface area (Å²) in [5.41, 5.74) is 1.19. The lowest BCUT2D eigenvalue weighted by Gasteiger charge is -2.12. The molecule has 2 aromatic rings. The second-order valence-electron chi connectivity index (χ2n) is 4.47. The quantitative estimate of drug-likeness (QED) is 0.895. The van der Waals surface area contributed by atoms with Crippen molar-refractivity contribution in [1.29, 1.82) is 0 Å². The third-order valence-electron chi connectivity index (χ3n) is 3.11. The standard InChI is InChI=1S/C13H15ClN2O5S/c1-7-8(2)15-21-13(7)16-22(17,18)12-6-11(20-4)10(19-3)5-9(12)14/h5-6,16H,1-4H3. The average molecular weight is 347 g/mol. The molecule has 1 N–H and O–H groups in total. The van der Waals surface area contributed by atoms with Crippen LogP contribution < -0.4 is 14.2 Å². The Morgan fingerprint density at radius 2 is 1.77 bits per heavy atom. The lowest BCUT2D eigenvalue weighted by atomic mass is 10.3. The summed E-state index contributed by atoms with van der Waals surface area (Å²) in [5, 5.41) is 3.70. The molecule has 0 spiro atoms. The monoisotopic (exact) mass is 346 g/mol. The molecule has 22 heavy (non-hydrogen) atoms. The Kier molecular flexibility index (Phi) is 4.52. The highest BCUT2D eigenvalue weighted by molar-refractivity contribution is 7.92. The molecule has 1 aromatic carbocycles. The summed E-state index contributed by atoms with van der Waals surface area (Å²) in [6.07, 6.45) is 0. The van der Waals surface area contributed by atoms with E-state index < -0.39 is 10.0 Å². The zero-order valence-corrected chi connectivity index (χ0v) is 14.0. The molecule has 0 aliphatic rings. The fourth-order valence-corrected chi connectivity index (χ4v) is 3.31. The second kappa shape index (κ2) is 6.05. The van der Waals surface area contributed by atoms with E-state index in [2.05, 4.69) is 9.88 Å². The Morgan fingerprint density at radius 1 is 1.18 bits per heavy atom. The van der Waals surface area contributed by atoms with Crippen molar-refractivity contribution < 1.29 is 22.4 Å². The Morgan fingerprint density at radius 3 is 2.27 bits per heavy atom. The fourth-order valence-electron chi connectivity index (χ4n) is 1.73. The number of hydrogen-bond acceptors (Lipinski definition) is 6. The van der Waals surface area contributed by atoms with E-state index >= 15 is 0 Å². The van der Waals surface area contributed by atoms with Gasteiger partial charge in [0.15, 0.2) is 11.5 Å². The number of aromatic nitrogens is 1. The van der Waals surface area contributed by atoms with Crippen molar-refractivity contribution >= 4 is 27.5 Å². The number of nitrogens with zero attached hydrogens (tertiary/aromatic N) is 1. The lowest BCUT2D eigenvalue weighted by Crippen LogP contribution is -2.14. The molecule has 0 aliphatic carbocycles. The average Bonchev–Trinajstić information content (AvgIpc) is 2.78. The van der Waals surface area contributed by atoms with Crippen LogP contribution in [0, 0.1) is 13.8 Å². The van der Waals surface area contributed by atoms with Gasteiger partial charge < -0.3 is 14.0 Å². The molecule has 0 bridgehead atoms. The number of nitrogens with one attached hydrogen (secondary N) is 1. The van der Waals surface area contributed by atoms with Crippen molar-refractivity contribution in [2.45, 2.75) is 18.7 Å². The van der Waals surface area contributed by atoms with Gasteiger partial charge in [-0.1, -0.05) is 16.8 Å². The zero-order chi connectivity index (χ0) is 16.5. The van der Waals surface area contributed by atoms with Crippen LogP contribution in [0.15, 0.2) is 21.6 Å². The molecule has 7 nitrogen and oxygen atoms in total. The van der Waals surface area contributed by atoms with Crippen molar-refractivity contribution in [3.63, 3.8) is 0 Å². The van der Waals surface area contributed by atoms with E-state index in [1.807, 2.05) is 0 Å². The van der Waals surface area contributed by atoms with Crippen LogP contribution in [0.3, 0.4) is 0 Å². The first kappa shape index (κ1) is 16.4. The van der Waals surface area contributed by atoms with Crippen LogP contribution in [0.5, 0.6) is 11.5 Å². The highest BCUT2D eigenvalue weighted by atomic mass is 35.5. The van der Waals surface area contributed by atoms with Crippen LogP contribution in [-0.4, -0.2) is 27.8 Å². The topological polar surface area (TPSA) is 90.7 Å². The predicted octanol–water partition coefficient (Wildman–Crippen LogP) is 2.76. The Hall–Kier alpha value is -1.93. The molecule has 0 amide bonds. The van der Waals surface area contributed by atoms with Gasteiger partial charge in [-0.25, -0.2) is 13.1 Å². The molecule has 0 saturated heterocycles. The number of anilines is 1. The summed E-state index contributed by atoms with van der Waals surface area (Å²) in [5.74, 6) is 0.624. The molecule has 0 unspecified atom stereocenters. The molecule has 2 rings (SSSR count). The Labute approximate surface area is 133 Å². The van der Waals surface area contributed by atoms with Gasteiger partial charge in [0.05, 0.1) is 24.9 Å². The van der Waals surface area contributed by atoms with Gasteiger partial charge in [-0.2, -0.15) is 0 Å². The van der Waals surface area contributed by atoms with Gasteiger partial charge in [0.1, 0.15) is 4.90 Å². The Bertz CT molecular complexity index is 801. The summed E-state index contributed by atoms with van der Waals surface area (Å²) in [7, 11) is -1.13. The molecule has 0 aliphatic heterocycles. The van der Waals surface area contributed by atoms with Gasteiger partial charge in [-0.05, 0) is 13.8 Å². The smallest absolute Gasteiger partial charge is 0.265 e. The number of hydrogen-bond donors (Lipinski definition) is 1. The summed E-state index contributed by atoms with van der Waals surface area (Å²) in [6, 6.07) is 2.65. The maximum atomic E-state index is 12.5. The maximum absolute atomic E-state index is 12.5. The third-order valence-corrected chi connectivity index (χ3v) is 4.91. The van der Waals surface area contributed by atoms with Crippen molar-refractivity contribution in [2.24, 2.45) is 0 Å². The molecule has 1 heterocycles. The van der Waals surface area contributed by atoms with Crippen LogP contribution in [0.1, 0.15) is 11.3 Å². The SMILES string of the molecule is COc1cc(Cl)c(S(=O)(=O)Nc2onc(C)c2C)cc1OC. The van der Waals surface area contributed by atoms with Crippen molar-refractivity contribution in [1.82, 2.24) is 5.16 Å². The first-order chi connectivity index (χ1) is 10.3. The number of methoxy groups -OCH3 is 2. The summed E-state index contributed by atoms with van der Waals surface area (Å²) >= 11 is 6.03. The minimum absolute atomic E-state index is 0.000889. The van der Waals surface area contributed by atoms with E-state index in [4.69, 9.17) is 25.6 Å². The van der Waals surface area contributed by atoms with Crippen LogP contribution in [-0.2, 0) is 10.0 Å². The van der Waals surface area contributed by atoms with Crippen LogP contribution in [0.25, 0.3) is 0 Å². The van der Waals surface area contributed by atoms with E-state index in [9.17, 15) is 8.42 Å². The molecule has 0 atom stereocenters. The number of halogens is 1. The molecule has 0 radical (unpaired) electrons. The molecular formula is C13H15ClN2O5S. The van der Waals surface area contributed by atoms with E-state index in [1.165, 1.54) is 26.4 Å². The van der Waals surface area contributed by atoms with E-state index in [1.54, 1.807) is 13.8 Å². The highest BCUT2D eigenvalue weighted by Crippen LogP contribution is 2.36. The maximum Gasteiger partial charge on any atom is 0.265 e. The van der Waals surface area contributed by atoms with Gasteiger partial charge >= 0.3 is 0 Å². The molecule has 1 aromatic heterocycles. The van der Waals surface area contributed by atoms with Gasteiger partial charge in [0.25, 0.3) is 10.0 Å². The van der Waals surface area contributed by atoms with E-state index in [0.29, 0.717) is 17.0 Å². The molecule has 9 heteroatoms. The van der Waals surface area contributed by atoms with E-state index in [0.717, 1.165) is 0 Å². The molecule has 120 valence electrons. The molecular weight excluding hydrogens is 332 g/mol. The first-order valence-corrected chi connectivity index (χ1v) is 8.03.